The van der Waals surface area contributed by atoms with Crippen LogP contribution in [0.25, 0.3) is 0 Å². The van der Waals surface area contributed by atoms with Crippen molar-refractivity contribution < 1.29 is 14.7 Å². The first-order chi connectivity index (χ1) is 8.45. The fraction of sp³-hybridized carbons (Fsp3) is 0.545. The number of amides is 1. The van der Waals surface area contributed by atoms with Crippen LogP contribution in [0.15, 0.2) is 6.20 Å². The van der Waals surface area contributed by atoms with E-state index < -0.39 is 5.97 Å². The molecule has 0 aliphatic rings. The summed E-state index contributed by atoms with van der Waals surface area (Å²) in [6.07, 6.45) is 1.32. The third kappa shape index (κ3) is 3.56. The Labute approximate surface area is 105 Å². The topological polar surface area (TPSA) is 87.5 Å². The molecule has 0 aliphatic heterocycles. The Morgan fingerprint density at radius 3 is 2.78 bits per heavy atom. The summed E-state index contributed by atoms with van der Waals surface area (Å²) in [4.78, 5) is 24.1. The lowest BCUT2D eigenvalue weighted by Gasteiger charge is -2.16. The monoisotopic (exact) mass is 254 g/mol. The Morgan fingerprint density at radius 2 is 2.22 bits per heavy atom. The van der Waals surface area contributed by atoms with Crippen molar-refractivity contribution in [3.63, 3.8) is 0 Å². The molecule has 100 valence electrons. The van der Waals surface area contributed by atoms with Gasteiger partial charge in [0, 0.05) is 20.1 Å². The van der Waals surface area contributed by atoms with Crippen LogP contribution < -0.4 is 5.32 Å². The molecule has 0 bridgehead atoms. The van der Waals surface area contributed by atoms with Gasteiger partial charge in [-0.15, -0.1) is 0 Å². The summed E-state index contributed by atoms with van der Waals surface area (Å²) in [6.45, 7) is 3.01. The molecule has 0 unspecified atom stereocenters. The maximum absolute atomic E-state index is 11.4. The average molecular weight is 254 g/mol. The molecule has 1 rings (SSSR count). The Balaban J connectivity index is 2.69. The number of carboxylic acids is 1. The molecule has 0 fully saturated rings. The molecule has 7 nitrogen and oxygen atoms in total. The lowest BCUT2D eigenvalue weighted by molar-refractivity contribution is -0.121. The lowest BCUT2D eigenvalue weighted by atomic mass is 10.2. The van der Waals surface area contributed by atoms with Gasteiger partial charge in [-0.1, -0.05) is 0 Å². The van der Waals surface area contributed by atoms with Crippen LogP contribution in [-0.2, 0) is 18.4 Å². The second-order valence-electron chi connectivity index (χ2n) is 4.06. The van der Waals surface area contributed by atoms with Crippen LogP contribution in [0, 0.1) is 0 Å². The van der Waals surface area contributed by atoms with Gasteiger partial charge in [-0.2, -0.15) is 5.10 Å². The molecular formula is C11H18N4O3. The third-order valence-corrected chi connectivity index (χ3v) is 2.50. The van der Waals surface area contributed by atoms with E-state index in [1.807, 2.05) is 6.92 Å². The first-order valence-electron chi connectivity index (χ1n) is 5.65. The van der Waals surface area contributed by atoms with Gasteiger partial charge in [0.1, 0.15) is 5.56 Å². The summed E-state index contributed by atoms with van der Waals surface area (Å²) < 4.78 is 1.51. The zero-order valence-corrected chi connectivity index (χ0v) is 10.8. The average Bonchev–Trinajstić information content (AvgIpc) is 2.60. The van der Waals surface area contributed by atoms with E-state index in [4.69, 9.17) is 5.11 Å². The smallest absolute Gasteiger partial charge is 0.339 e. The number of nitrogens with one attached hydrogen (secondary N) is 1. The first-order valence-corrected chi connectivity index (χ1v) is 5.65. The highest BCUT2D eigenvalue weighted by Gasteiger charge is 2.17. The molecule has 1 aromatic rings. The molecule has 0 aliphatic carbocycles. The van der Waals surface area contributed by atoms with Crippen molar-refractivity contribution >= 4 is 11.9 Å². The van der Waals surface area contributed by atoms with Gasteiger partial charge in [-0.25, -0.2) is 4.79 Å². The molecule has 0 radical (unpaired) electrons. The molecule has 7 heteroatoms. The van der Waals surface area contributed by atoms with Crippen LogP contribution in [0.4, 0.5) is 0 Å². The van der Waals surface area contributed by atoms with E-state index in [9.17, 15) is 9.59 Å². The maximum atomic E-state index is 11.4. The molecule has 2 N–H and O–H groups in total. The lowest BCUT2D eigenvalue weighted by Crippen LogP contribution is -2.35. The summed E-state index contributed by atoms with van der Waals surface area (Å²) >= 11 is 0. The van der Waals surface area contributed by atoms with E-state index in [1.54, 1.807) is 19.0 Å². The van der Waals surface area contributed by atoms with Crippen molar-refractivity contribution in [3.8, 4) is 0 Å². The highest BCUT2D eigenvalue weighted by atomic mass is 16.4. The molecular weight excluding hydrogens is 236 g/mol. The fourth-order valence-electron chi connectivity index (χ4n) is 1.64. The molecule has 0 saturated heterocycles. The number of likely N-dealkylation sites (N-methyl/N-ethyl adjacent to an activating group) is 2. The largest absolute Gasteiger partial charge is 0.478 e. The fourth-order valence-corrected chi connectivity index (χ4v) is 1.64. The summed E-state index contributed by atoms with van der Waals surface area (Å²) in [5.74, 6) is -1.09. The number of hydrogen-bond donors (Lipinski definition) is 2. The summed E-state index contributed by atoms with van der Waals surface area (Å²) in [7, 11) is 3.44. The van der Waals surface area contributed by atoms with Crippen LogP contribution in [0.3, 0.4) is 0 Å². The predicted molar refractivity (Wildman–Crippen MR) is 65.2 cm³/mol. The Bertz CT molecular complexity index is 441. The van der Waals surface area contributed by atoms with E-state index in [1.165, 1.54) is 10.9 Å². The van der Waals surface area contributed by atoms with Gasteiger partial charge in [0.15, 0.2) is 0 Å². The second-order valence-corrected chi connectivity index (χ2v) is 4.06. The number of rotatable bonds is 6. The van der Waals surface area contributed by atoms with E-state index in [2.05, 4.69) is 10.4 Å². The van der Waals surface area contributed by atoms with Crippen LogP contribution in [0.2, 0.25) is 0 Å². The third-order valence-electron chi connectivity index (χ3n) is 2.50. The number of aromatic nitrogens is 2. The van der Waals surface area contributed by atoms with Crippen LogP contribution >= 0.6 is 0 Å². The summed E-state index contributed by atoms with van der Waals surface area (Å²) in [6, 6.07) is 0. The second kappa shape index (κ2) is 6.15. The number of aryl methyl sites for hydroxylation is 1. The van der Waals surface area contributed by atoms with Crippen molar-refractivity contribution in [1.82, 2.24) is 20.0 Å². The van der Waals surface area contributed by atoms with Gasteiger partial charge < -0.3 is 10.4 Å². The molecule has 0 spiro atoms. The quantitative estimate of drug-likeness (QED) is 0.727. The minimum atomic E-state index is -1.01. The molecule has 0 saturated carbocycles. The normalized spacial score (nSPS) is 10.7. The highest BCUT2D eigenvalue weighted by molar-refractivity contribution is 5.88. The van der Waals surface area contributed by atoms with Crippen LogP contribution in [0.1, 0.15) is 23.0 Å². The van der Waals surface area contributed by atoms with Gasteiger partial charge in [0.2, 0.25) is 5.91 Å². The van der Waals surface area contributed by atoms with Gasteiger partial charge >= 0.3 is 5.97 Å². The van der Waals surface area contributed by atoms with E-state index in [-0.39, 0.29) is 18.0 Å². The van der Waals surface area contributed by atoms with Gasteiger partial charge in [-0.05, 0) is 14.0 Å². The molecule has 0 atom stereocenters. The van der Waals surface area contributed by atoms with Gasteiger partial charge in [0.05, 0.1) is 18.4 Å². The van der Waals surface area contributed by atoms with Gasteiger partial charge in [0.25, 0.3) is 0 Å². The number of carboxylic acid groups (broad SMARTS) is 1. The maximum Gasteiger partial charge on any atom is 0.339 e. The van der Waals surface area contributed by atoms with Gasteiger partial charge in [-0.3, -0.25) is 14.4 Å². The van der Waals surface area contributed by atoms with Crippen molar-refractivity contribution in [2.75, 3.05) is 20.1 Å². The standard InChI is InChI=1S/C11H18N4O3/c1-4-12-10(16)7-14(2)6-9-8(11(17)18)5-13-15(9)3/h5H,4,6-7H2,1-3H3,(H,12,16)(H,17,18). The molecule has 1 aromatic heterocycles. The van der Waals surface area contributed by atoms with Crippen LogP contribution in [-0.4, -0.2) is 51.8 Å². The molecule has 0 aromatic carbocycles. The van der Waals surface area contributed by atoms with Crippen molar-refractivity contribution in [2.45, 2.75) is 13.5 Å². The number of hydrogen-bond acceptors (Lipinski definition) is 4. The molecule has 18 heavy (non-hydrogen) atoms. The zero-order valence-electron chi connectivity index (χ0n) is 10.8. The van der Waals surface area contributed by atoms with Crippen molar-refractivity contribution in [1.29, 1.82) is 0 Å². The predicted octanol–water partition coefficient (Wildman–Crippen LogP) is -0.314. The van der Waals surface area contributed by atoms with E-state index >= 15 is 0 Å². The molecule has 1 amide bonds. The van der Waals surface area contributed by atoms with Crippen molar-refractivity contribution in [2.24, 2.45) is 7.05 Å². The summed E-state index contributed by atoms with van der Waals surface area (Å²) in [5.41, 5.74) is 0.745. The number of carbonyl (C=O) groups is 2. The molecule has 1 heterocycles. The minimum Gasteiger partial charge on any atom is -0.478 e. The van der Waals surface area contributed by atoms with E-state index in [0.29, 0.717) is 18.8 Å². The van der Waals surface area contributed by atoms with Crippen LogP contribution in [0.5, 0.6) is 0 Å². The Morgan fingerprint density at radius 1 is 1.56 bits per heavy atom. The Hall–Kier alpha value is -1.89. The van der Waals surface area contributed by atoms with Crippen molar-refractivity contribution in [3.05, 3.63) is 17.5 Å². The number of nitrogens with zero attached hydrogens (tertiary/aromatic N) is 3. The minimum absolute atomic E-state index is 0.0842. The zero-order chi connectivity index (χ0) is 13.7. The summed E-state index contributed by atoms with van der Waals surface area (Å²) in [5, 5.41) is 15.6. The Kier molecular flexibility index (Phi) is 4.85. The van der Waals surface area contributed by atoms with E-state index in [0.717, 1.165) is 0 Å². The first kappa shape index (κ1) is 14.2. The highest BCUT2D eigenvalue weighted by Crippen LogP contribution is 2.09. The number of carbonyl (C=O) groups excluding carboxylic acids is 1. The SMILES string of the molecule is CCNC(=O)CN(C)Cc1c(C(=O)O)cnn1C. The number of aromatic carboxylic acids is 1.